The second kappa shape index (κ2) is 9.15. The van der Waals surface area contributed by atoms with Crippen LogP contribution in [-0.4, -0.2) is 30.3 Å². The maximum Gasteiger partial charge on any atom is 0.283 e. The Morgan fingerprint density at radius 1 is 1.10 bits per heavy atom. The van der Waals surface area contributed by atoms with E-state index in [0.29, 0.717) is 27.6 Å². The van der Waals surface area contributed by atoms with E-state index in [4.69, 9.17) is 9.47 Å². The van der Waals surface area contributed by atoms with Crippen LogP contribution in [0.2, 0.25) is 0 Å². The van der Waals surface area contributed by atoms with Gasteiger partial charge in [-0.05, 0) is 35.9 Å². The minimum atomic E-state index is -0.388. The van der Waals surface area contributed by atoms with Gasteiger partial charge in [0.1, 0.15) is 17.2 Å². The van der Waals surface area contributed by atoms with Gasteiger partial charge in [0.25, 0.3) is 5.69 Å². The molecule has 156 valence electrons. The number of nitro groups is 1. The lowest BCUT2D eigenvalue weighted by atomic mass is 10.2. The molecule has 0 N–H and O–H groups in total. The number of nitrogens with zero attached hydrogens (tertiary/aromatic N) is 3. The number of para-hydroxylation sites is 1. The number of rotatable bonds is 7. The highest BCUT2D eigenvalue weighted by atomic mass is 32.2. The molecule has 0 atom stereocenters. The van der Waals surface area contributed by atoms with E-state index in [2.05, 4.69) is 9.98 Å². The Morgan fingerprint density at radius 2 is 1.94 bits per heavy atom. The highest BCUT2D eigenvalue weighted by Gasteiger charge is 2.17. The van der Waals surface area contributed by atoms with Gasteiger partial charge in [-0.25, -0.2) is 4.98 Å². The van der Waals surface area contributed by atoms with E-state index in [-0.39, 0.29) is 10.6 Å². The number of hydrogen-bond acceptors (Lipinski definition) is 8. The van der Waals surface area contributed by atoms with Gasteiger partial charge in [0.15, 0.2) is 4.34 Å². The van der Waals surface area contributed by atoms with Crippen LogP contribution in [0, 0.1) is 10.1 Å². The summed E-state index contributed by atoms with van der Waals surface area (Å²) in [5.41, 5.74) is 2.10. The average molecular weight is 452 g/mol. The third-order valence-electron chi connectivity index (χ3n) is 4.39. The molecular formula is C22H17N3O4S2. The van der Waals surface area contributed by atoms with E-state index in [1.54, 1.807) is 50.8 Å². The van der Waals surface area contributed by atoms with Crippen LogP contribution in [-0.2, 0) is 0 Å². The molecule has 0 fully saturated rings. The van der Waals surface area contributed by atoms with Crippen molar-refractivity contribution in [3.05, 3.63) is 76.3 Å². The average Bonchev–Trinajstić information content (AvgIpc) is 3.20. The lowest BCUT2D eigenvalue weighted by Crippen LogP contribution is -1.93. The van der Waals surface area contributed by atoms with E-state index in [1.807, 2.05) is 24.3 Å². The Hall–Kier alpha value is -3.43. The molecular weight excluding hydrogens is 434 g/mol. The van der Waals surface area contributed by atoms with Crippen LogP contribution in [0.15, 0.2) is 74.9 Å². The zero-order valence-corrected chi connectivity index (χ0v) is 18.3. The predicted molar refractivity (Wildman–Crippen MR) is 124 cm³/mol. The smallest absolute Gasteiger partial charge is 0.283 e. The first-order chi connectivity index (χ1) is 15.1. The third kappa shape index (κ3) is 4.68. The van der Waals surface area contributed by atoms with E-state index in [9.17, 15) is 10.1 Å². The molecule has 0 spiro atoms. The molecule has 0 bridgehead atoms. The second-order valence-corrected chi connectivity index (χ2v) is 8.65. The number of hydrogen-bond donors (Lipinski definition) is 0. The fourth-order valence-electron chi connectivity index (χ4n) is 2.87. The van der Waals surface area contributed by atoms with Crippen LogP contribution in [0.4, 0.5) is 11.4 Å². The number of aliphatic imine (C=N–C) groups is 1. The number of benzene rings is 3. The number of aromatic nitrogens is 1. The SMILES string of the molecule is COc1ccc(N=Cc2ccc(Sc3nc4ccccc4s3)c([N+](=O)[O-])c2)c(OC)c1. The van der Waals surface area contributed by atoms with E-state index >= 15 is 0 Å². The Morgan fingerprint density at radius 3 is 2.68 bits per heavy atom. The largest absolute Gasteiger partial charge is 0.497 e. The van der Waals surface area contributed by atoms with Crippen LogP contribution in [0.5, 0.6) is 11.5 Å². The van der Waals surface area contributed by atoms with Gasteiger partial charge in [-0.2, -0.15) is 0 Å². The van der Waals surface area contributed by atoms with Crippen molar-refractivity contribution in [1.29, 1.82) is 0 Å². The first-order valence-electron chi connectivity index (χ1n) is 9.15. The van der Waals surface area contributed by atoms with Crippen LogP contribution < -0.4 is 9.47 Å². The Balaban J connectivity index is 1.61. The third-order valence-corrected chi connectivity index (χ3v) is 6.55. The molecule has 1 heterocycles. The van der Waals surface area contributed by atoms with Crippen molar-refractivity contribution in [3.8, 4) is 11.5 Å². The molecule has 0 radical (unpaired) electrons. The fourth-order valence-corrected chi connectivity index (χ4v) is 4.98. The van der Waals surface area contributed by atoms with Crippen molar-refractivity contribution in [2.75, 3.05) is 14.2 Å². The first-order valence-corrected chi connectivity index (χ1v) is 10.8. The molecule has 3 aromatic carbocycles. The van der Waals surface area contributed by atoms with Crippen molar-refractivity contribution in [2.24, 2.45) is 4.99 Å². The summed E-state index contributed by atoms with van der Waals surface area (Å²) in [6.07, 6.45) is 1.57. The second-order valence-electron chi connectivity index (χ2n) is 6.33. The van der Waals surface area contributed by atoms with Gasteiger partial charge in [0.05, 0.1) is 34.3 Å². The van der Waals surface area contributed by atoms with Gasteiger partial charge in [-0.1, -0.05) is 30.0 Å². The molecule has 4 rings (SSSR count). The summed E-state index contributed by atoms with van der Waals surface area (Å²) < 4.78 is 12.3. The number of thiazole rings is 1. The summed E-state index contributed by atoms with van der Waals surface area (Å²) in [6.45, 7) is 0. The van der Waals surface area contributed by atoms with E-state index in [0.717, 1.165) is 14.6 Å². The van der Waals surface area contributed by atoms with Crippen LogP contribution in [0.25, 0.3) is 10.2 Å². The summed E-state index contributed by atoms with van der Waals surface area (Å²) >= 11 is 2.80. The van der Waals surface area contributed by atoms with Crippen LogP contribution in [0.3, 0.4) is 0 Å². The summed E-state index contributed by atoms with van der Waals surface area (Å²) in [5, 5.41) is 11.7. The van der Waals surface area contributed by atoms with Gasteiger partial charge in [0.2, 0.25) is 0 Å². The van der Waals surface area contributed by atoms with Gasteiger partial charge < -0.3 is 9.47 Å². The lowest BCUT2D eigenvalue weighted by molar-refractivity contribution is -0.387. The molecule has 0 saturated carbocycles. The van der Waals surface area contributed by atoms with Gasteiger partial charge in [-0.3, -0.25) is 15.1 Å². The number of methoxy groups -OCH3 is 2. The number of fused-ring (bicyclic) bond motifs is 1. The zero-order valence-electron chi connectivity index (χ0n) is 16.6. The minimum absolute atomic E-state index is 0.00917. The molecule has 0 aliphatic heterocycles. The number of ether oxygens (including phenoxy) is 2. The predicted octanol–water partition coefficient (Wildman–Crippen LogP) is 6.12. The van der Waals surface area contributed by atoms with Gasteiger partial charge in [0, 0.05) is 18.3 Å². The summed E-state index contributed by atoms with van der Waals surface area (Å²) in [5.74, 6) is 1.20. The Labute approximate surface area is 186 Å². The number of nitro benzene ring substituents is 1. The molecule has 0 amide bonds. The molecule has 4 aromatic rings. The monoisotopic (exact) mass is 451 g/mol. The van der Waals surface area contributed by atoms with Crippen molar-refractivity contribution >= 4 is 50.9 Å². The fraction of sp³-hybridized carbons (Fsp3) is 0.0909. The molecule has 0 aliphatic carbocycles. The summed E-state index contributed by atoms with van der Waals surface area (Å²) in [7, 11) is 3.12. The molecule has 9 heteroatoms. The molecule has 31 heavy (non-hydrogen) atoms. The molecule has 0 unspecified atom stereocenters. The molecule has 0 aliphatic rings. The quantitative estimate of drug-likeness (QED) is 0.191. The molecule has 7 nitrogen and oxygen atoms in total. The van der Waals surface area contributed by atoms with Crippen molar-refractivity contribution in [2.45, 2.75) is 9.24 Å². The van der Waals surface area contributed by atoms with Crippen LogP contribution in [0.1, 0.15) is 5.56 Å². The normalized spacial score (nSPS) is 11.2. The van der Waals surface area contributed by atoms with E-state index < -0.39 is 0 Å². The van der Waals surface area contributed by atoms with Gasteiger partial charge in [-0.15, -0.1) is 11.3 Å². The molecule has 0 saturated heterocycles. The Bertz CT molecular complexity index is 1250. The Kier molecular flexibility index (Phi) is 6.15. The zero-order chi connectivity index (χ0) is 21.8. The first kappa shape index (κ1) is 20.8. The topological polar surface area (TPSA) is 86.9 Å². The summed E-state index contributed by atoms with van der Waals surface area (Å²) in [4.78, 5) is 20.8. The van der Waals surface area contributed by atoms with Crippen molar-refractivity contribution < 1.29 is 14.4 Å². The van der Waals surface area contributed by atoms with E-state index in [1.165, 1.54) is 29.2 Å². The highest BCUT2D eigenvalue weighted by Crippen LogP contribution is 2.39. The lowest BCUT2D eigenvalue weighted by Gasteiger charge is -2.06. The van der Waals surface area contributed by atoms with Crippen molar-refractivity contribution in [1.82, 2.24) is 4.98 Å². The summed E-state index contributed by atoms with van der Waals surface area (Å²) in [6, 6.07) is 18.1. The van der Waals surface area contributed by atoms with Gasteiger partial charge >= 0.3 is 0 Å². The minimum Gasteiger partial charge on any atom is -0.497 e. The molecule has 1 aromatic heterocycles. The maximum atomic E-state index is 11.7. The van der Waals surface area contributed by atoms with Crippen LogP contribution >= 0.6 is 23.1 Å². The van der Waals surface area contributed by atoms with Crippen molar-refractivity contribution in [3.63, 3.8) is 0 Å². The maximum absolute atomic E-state index is 11.7. The standard InChI is InChI=1S/C22H17N3O4S2/c1-28-15-8-9-16(19(12-15)29-2)23-13-14-7-10-21(18(11-14)25(26)27)31-22-24-17-5-3-4-6-20(17)30-22/h3-13H,1-2H3. The highest BCUT2D eigenvalue weighted by molar-refractivity contribution is 8.01.